The summed E-state index contributed by atoms with van der Waals surface area (Å²) in [7, 11) is 0. The van der Waals surface area contributed by atoms with Gasteiger partial charge in [-0.1, -0.05) is 41.1 Å². The lowest BCUT2D eigenvalue weighted by Crippen LogP contribution is -2.11. The van der Waals surface area contributed by atoms with Crippen molar-refractivity contribution in [1.82, 2.24) is 0 Å². The quantitative estimate of drug-likeness (QED) is 0.831. The summed E-state index contributed by atoms with van der Waals surface area (Å²) in [4.78, 5) is 12.2. The van der Waals surface area contributed by atoms with Gasteiger partial charge in [-0.05, 0) is 36.4 Å². The van der Waals surface area contributed by atoms with Crippen molar-refractivity contribution in [3.05, 3.63) is 63.6 Å². The third-order valence-electron chi connectivity index (χ3n) is 2.56. The molecule has 0 saturated carbocycles. The van der Waals surface area contributed by atoms with Crippen LogP contribution in [0.2, 0.25) is 10.0 Å². The molecule has 0 fully saturated rings. The number of hydrogen-bond donors (Lipinski definition) is 2. The number of aliphatic hydroxyl groups is 1. The van der Waals surface area contributed by atoms with Gasteiger partial charge in [-0.15, -0.1) is 0 Å². The summed E-state index contributed by atoms with van der Waals surface area (Å²) in [5.74, 6) is 4.99. The topological polar surface area (TPSA) is 49.3 Å². The van der Waals surface area contributed by atoms with E-state index >= 15 is 0 Å². The highest BCUT2D eigenvalue weighted by Gasteiger charge is 2.07. The molecule has 0 saturated heterocycles. The predicted octanol–water partition coefficient (Wildman–Crippen LogP) is 3.59. The molecule has 1 amide bonds. The Labute approximate surface area is 132 Å². The highest BCUT2D eigenvalue weighted by Crippen LogP contribution is 2.23. The van der Waals surface area contributed by atoms with Gasteiger partial charge in [0.05, 0.1) is 0 Å². The molecule has 0 spiro atoms. The average Bonchev–Trinajstić information content (AvgIpc) is 2.44. The van der Waals surface area contributed by atoms with Gasteiger partial charge in [-0.2, -0.15) is 0 Å². The normalized spacial score (nSPS) is 9.67. The van der Waals surface area contributed by atoms with Crippen LogP contribution in [0, 0.1) is 11.8 Å². The molecular formula is C16H11Cl2NO2. The molecule has 0 aliphatic heterocycles. The molecule has 0 unspecified atom stereocenters. The number of hydrogen-bond acceptors (Lipinski definition) is 2. The van der Waals surface area contributed by atoms with Crippen LogP contribution >= 0.6 is 23.2 Å². The van der Waals surface area contributed by atoms with Gasteiger partial charge in [0.25, 0.3) is 5.91 Å². The number of aliphatic hydroxyl groups excluding tert-OH is 1. The largest absolute Gasteiger partial charge is 0.384 e. The van der Waals surface area contributed by atoms with Crippen LogP contribution in [-0.4, -0.2) is 17.6 Å². The SMILES string of the molecule is O=C(Nc1cc(Cl)cc(Cl)c1)c1cccc(C#CCO)c1. The van der Waals surface area contributed by atoms with E-state index in [0.29, 0.717) is 26.9 Å². The van der Waals surface area contributed by atoms with Crippen LogP contribution in [-0.2, 0) is 0 Å². The molecule has 0 bridgehead atoms. The number of nitrogens with one attached hydrogen (secondary N) is 1. The maximum atomic E-state index is 12.2. The molecule has 21 heavy (non-hydrogen) atoms. The number of rotatable bonds is 2. The van der Waals surface area contributed by atoms with E-state index in [2.05, 4.69) is 17.2 Å². The lowest BCUT2D eigenvalue weighted by molar-refractivity contribution is 0.102. The standard InChI is InChI=1S/C16H11Cl2NO2/c17-13-8-14(18)10-15(9-13)19-16(21)12-5-1-3-11(7-12)4-2-6-20/h1,3,5,7-10,20H,6H2,(H,19,21). The summed E-state index contributed by atoms with van der Waals surface area (Å²) in [5.41, 5.74) is 1.63. The second-order valence-corrected chi connectivity index (χ2v) is 5.03. The van der Waals surface area contributed by atoms with E-state index in [1.165, 1.54) is 0 Å². The zero-order chi connectivity index (χ0) is 15.2. The van der Waals surface area contributed by atoms with Gasteiger partial charge in [0, 0.05) is 26.9 Å². The predicted molar refractivity (Wildman–Crippen MR) is 84.8 cm³/mol. The van der Waals surface area contributed by atoms with Gasteiger partial charge >= 0.3 is 0 Å². The smallest absolute Gasteiger partial charge is 0.255 e. The highest BCUT2D eigenvalue weighted by atomic mass is 35.5. The summed E-state index contributed by atoms with van der Waals surface area (Å²) in [6.07, 6.45) is 0. The first kappa shape index (κ1) is 15.4. The Morgan fingerprint density at radius 1 is 1.14 bits per heavy atom. The van der Waals surface area contributed by atoms with Gasteiger partial charge in [-0.3, -0.25) is 4.79 Å². The Morgan fingerprint density at radius 3 is 2.52 bits per heavy atom. The van der Waals surface area contributed by atoms with Crippen molar-refractivity contribution in [2.75, 3.05) is 11.9 Å². The highest BCUT2D eigenvalue weighted by molar-refractivity contribution is 6.35. The van der Waals surface area contributed by atoms with Crippen LogP contribution in [0.5, 0.6) is 0 Å². The molecule has 2 aromatic carbocycles. The average molecular weight is 320 g/mol. The maximum absolute atomic E-state index is 12.2. The molecule has 0 radical (unpaired) electrons. The number of carbonyl (C=O) groups excluding carboxylic acids is 1. The van der Waals surface area contributed by atoms with E-state index in [1.807, 2.05) is 0 Å². The molecule has 0 atom stereocenters. The van der Waals surface area contributed by atoms with E-state index in [9.17, 15) is 4.79 Å². The maximum Gasteiger partial charge on any atom is 0.255 e. The van der Waals surface area contributed by atoms with Crippen molar-refractivity contribution >= 4 is 34.8 Å². The third kappa shape index (κ3) is 4.51. The van der Waals surface area contributed by atoms with Crippen molar-refractivity contribution in [1.29, 1.82) is 0 Å². The zero-order valence-corrected chi connectivity index (χ0v) is 12.4. The Bertz CT molecular complexity index is 712. The molecule has 2 aromatic rings. The molecule has 5 heteroatoms. The molecule has 3 nitrogen and oxygen atoms in total. The van der Waals surface area contributed by atoms with Gasteiger partial charge in [0.1, 0.15) is 6.61 Å². The number of halogens is 2. The Kier molecular flexibility index (Phi) is 5.24. The molecule has 2 rings (SSSR count). The van der Waals surface area contributed by atoms with E-state index in [-0.39, 0.29) is 12.5 Å². The lowest BCUT2D eigenvalue weighted by atomic mass is 10.1. The number of benzene rings is 2. The number of anilines is 1. The minimum atomic E-state index is -0.291. The van der Waals surface area contributed by atoms with Crippen LogP contribution in [0.15, 0.2) is 42.5 Å². The molecular weight excluding hydrogens is 309 g/mol. The van der Waals surface area contributed by atoms with Crippen LogP contribution < -0.4 is 5.32 Å². The number of amides is 1. The first-order valence-electron chi connectivity index (χ1n) is 6.06. The van der Waals surface area contributed by atoms with Crippen LogP contribution in [0.4, 0.5) is 5.69 Å². The molecule has 0 heterocycles. The summed E-state index contributed by atoms with van der Waals surface area (Å²) < 4.78 is 0. The van der Waals surface area contributed by atoms with E-state index in [0.717, 1.165) is 0 Å². The minimum Gasteiger partial charge on any atom is -0.384 e. The van der Waals surface area contributed by atoms with Crippen molar-refractivity contribution in [2.45, 2.75) is 0 Å². The molecule has 2 N–H and O–H groups in total. The summed E-state index contributed by atoms with van der Waals surface area (Å²) >= 11 is 11.8. The van der Waals surface area contributed by atoms with Crippen LogP contribution in [0.25, 0.3) is 0 Å². The zero-order valence-electron chi connectivity index (χ0n) is 10.9. The van der Waals surface area contributed by atoms with E-state index < -0.39 is 0 Å². The monoisotopic (exact) mass is 319 g/mol. The van der Waals surface area contributed by atoms with Gasteiger partial charge in [0.2, 0.25) is 0 Å². The van der Waals surface area contributed by atoms with Gasteiger partial charge < -0.3 is 10.4 Å². The molecule has 0 aliphatic rings. The first-order valence-corrected chi connectivity index (χ1v) is 6.81. The molecule has 0 aliphatic carbocycles. The first-order chi connectivity index (χ1) is 10.1. The van der Waals surface area contributed by atoms with Crippen LogP contribution in [0.1, 0.15) is 15.9 Å². The second kappa shape index (κ2) is 7.14. The van der Waals surface area contributed by atoms with Crippen molar-refractivity contribution < 1.29 is 9.90 Å². The Hall–Kier alpha value is -1.99. The minimum absolute atomic E-state index is 0.225. The van der Waals surface area contributed by atoms with Gasteiger partial charge in [0.15, 0.2) is 0 Å². The molecule has 106 valence electrons. The fourth-order valence-corrected chi connectivity index (χ4v) is 2.24. The Balaban J connectivity index is 2.20. The fourth-order valence-electron chi connectivity index (χ4n) is 1.71. The van der Waals surface area contributed by atoms with E-state index in [1.54, 1.807) is 42.5 Å². The Morgan fingerprint density at radius 2 is 1.86 bits per heavy atom. The number of carbonyl (C=O) groups is 1. The summed E-state index contributed by atoms with van der Waals surface area (Å²) in [6, 6.07) is 11.6. The summed E-state index contributed by atoms with van der Waals surface area (Å²) in [5, 5.41) is 12.3. The van der Waals surface area contributed by atoms with E-state index in [4.69, 9.17) is 28.3 Å². The van der Waals surface area contributed by atoms with Gasteiger partial charge in [-0.25, -0.2) is 0 Å². The molecule has 0 aromatic heterocycles. The fraction of sp³-hybridized carbons (Fsp3) is 0.0625. The van der Waals surface area contributed by atoms with Crippen molar-refractivity contribution in [3.8, 4) is 11.8 Å². The van der Waals surface area contributed by atoms with Crippen LogP contribution in [0.3, 0.4) is 0 Å². The second-order valence-electron chi connectivity index (χ2n) is 4.15. The summed E-state index contributed by atoms with van der Waals surface area (Å²) in [6.45, 7) is -0.225. The third-order valence-corrected chi connectivity index (χ3v) is 2.99. The van der Waals surface area contributed by atoms with Crippen molar-refractivity contribution in [3.63, 3.8) is 0 Å². The lowest BCUT2D eigenvalue weighted by Gasteiger charge is -2.06. The van der Waals surface area contributed by atoms with Crippen molar-refractivity contribution in [2.24, 2.45) is 0 Å².